The van der Waals surface area contributed by atoms with Crippen LogP contribution in [0.5, 0.6) is 0 Å². The molecule has 1 N–H and O–H groups in total. The number of carbonyl (C=O) groups is 6. The molecule has 0 saturated carbocycles. The molecule has 6 atom stereocenters. The van der Waals surface area contributed by atoms with E-state index in [1.807, 2.05) is 0 Å². The second-order valence-corrected chi connectivity index (χ2v) is 11.5. The van der Waals surface area contributed by atoms with E-state index in [2.05, 4.69) is 5.32 Å². The van der Waals surface area contributed by atoms with Crippen molar-refractivity contribution in [1.29, 1.82) is 0 Å². The van der Waals surface area contributed by atoms with Gasteiger partial charge in [0.2, 0.25) is 17.7 Å². The number of esters is 3. The third-order valence-corrected chi connectivity index (χ3v) is 8.39. The van der Waals surface area contributed by atoms with Crippen molar-refractivity contribution in [2.24, 2.45) is 5.92 Å². The molecule has 0 aromatic heterocycles. The first-order valence-electron chi connectivity index (χ1n) is 14.8. The van der Waals surface area contributed by atoms with Crippen molar-refractivity contribution in [3.63, 3.8) is 0 Å². The van der Waals surface area contributed by atoms with Crippen LogP contribution >= 0.6 is 0 Å². The second kappa shape index (κ2) is 14.6. The van der Waals surface area contributed by atoms with E-state index in [9.17, 15) is 33.2 Å². The molecular formula is C31H42FN3O9. The number of amides is 3. The third-order valence-electron chi connectivity index (χ3n) is 8.39. The van der Waals surface area contributed by atoms with Gasteiger partial charge in [-0.1, -0.05) is 19.1 Å². The number of methoxy groups -OCH3 is 1. The summed E-state index contributed by atoms with van der Waals surface area (Å²) in [6.07, 6.45) is -0.340. The number of likely N-dealkylation sites (tertiary alicyclic amines) is 2. The highest BCUT2D eigenvalue weighted by Crippen LogP contribution is 2.36. The van der Waals surface area contributed by atoms with Gasteiger partial charge in [0.25, 0.3) is 0 Å². The topological polar surface area (TPSA) is 149 Å². The molecule has 0 aliphatic carbocycles. The molecule has 13 heteroatoms. The van der Waals surface area contributed by atoms with Gasteiger partial charge < -0.3 is 29.3 Å². The molecule has 1 aromatic carbocycles. The highest BCUT2D eigenvalue weighted by atomic mass is 19.1. The van der Waals surface area contributed by atoms with Crippen LogP contribution in [-0.2, 0) is 49.4 Å². The van der Waals surface area contributed by atoms with Crippen molar-refractivity contribution >= 4 is 35.6 Å². The minimum Gasteiger partial charge on any atom is -0.467 e. The summed E-state index contributed by atoms with van der Waals surface area (Å²) < 4.78 is 29.5. The lowest BCUT2D eigenvalue weighted by molar-refractivity contribution is -0.160. The molecule has 0 radical (unpaired) electrons. The maximum Gasteiger partial charge on any atom is 0.332 e. The van der Waals surface area contributed by atoms with Crippen molar-refractivity contribution in [2.75, 3.05) is 20.2 Å². The SMILES string of the molecule is COC(=O)[C@@H](NC(=O)C1(Cc2cccc(F)c2)CCCN1C(=O)[C@@H]1CCCN1C(=O)[C@@H](C)[C@@H](C)OC(C)=O)[C@@H](C)OC(C)=O. The van der Waals surface area contributed by atoms with E-state index in [0.717, 1.165) is 14.0 Å². The van der Waals surface area contributed by atoms with Crippen molar-refractivity contribution in [1.82, 2.24) is 15.1 Å². The van der Waals surface area contributed by atoms with Crippen LogP contribution in [0.3, 0.4) is 0 Å². The van der Waals surface area contributed by atoms with Crippen molar-refractivity contribution in [3.05, 3.63) is 35.6 Å². The maximum atomic E-state index is 14.3. The Hall–Kier alpha value is -4.03. The highest BCUT2D eigenvalue weighted by Gasteiger charge is 2.53. The van der Waals surface area contributed by atoms with Gasteiger partial charge in [-0.25, -0.2) is 9.18 Å². The average molecular weight is 620 g/mol. The van der Waals surface area contributed by atoms with Gasteiger partial charge in [-0.3, -0.25) is 24.0 Å². The van der Waals surface area contributed by atoms with Crippen molar-refractivity contribution in [2.45, 2.75) is 96.6 Å². The standard InChI is InChI=1S/C31H42FN3O9/c1-18(19(2)43-21(4)36)27(38)34-14-8-12-25(34)28(39)35-15-9-13-31(35,17-23-10-7-11-24(32)16-23)30(41)33-26(29(40)42-6)20(3)44-22(5)37/h7,10-11,16,18-20,25-26H,8-9,12-15,17H2,1-6H3,(H,33,41)/t18-,19+,20+,25-,26-,31?/m0/s1. The van der Waals surface area contributed by atoms with Crippen LogP contribution < -0.4 is 5.32 Å². The molecule has 1 unspecified atom stereocenters. The van der Waals surface area contributed by atoms with Crippen molar-refractivity contribution in [3.8, 4) is 0 Å². The number of nitrogens with zero attached hydrogens (tertiary/aromatic N) is 2. The minimum absolute atomic E-state index is 0.0707. The van der Waals surface area contributed by atoms with E-state index in [1.54, 1.807) is 19.9 Å². The number of nitrogens with one attached hydrogen (secondary N) is 1. The molecule has 44 heavy (non-hydrogen) atoms. The molecule has 2 aliphatic heterocycles. The number of rotatable bonds is 11. The fourth-order valence-corrected chi connectivity index (χ4v) is 6.08. The zero-order chi connectivity index (χ0) is 32.8. The molecule has 2 heterocycles. The summed E-state index contributed by atoms with van der Waals surface area (Å²) in [5.41, 5.74) is -1.10. The molecular weight excluding hydrogens is 577 g/mol. The predicted octanol–water partition coefficient (Wildman–Crippen LogP) is 1.92. The van der Waals surface area contributed by atoms with Gasteiger partial charge in [0.05, 0.1) is 13.0 Å². The molecule has 242 valence electrons. The number of benzene rings is 1. The number of ether oxygens (including phenoxy) is 3. The molecule has 1 aromatic rings. The average Bonchev–Trinajstić information content (AvgIpc) is 3.62. The lowest BCUT2D eigenvalue weighted by atomic mass is 9.86. The Labute approximate surface area is 256 Å². The third kappa shape index (κ3) is 7.72. The number of hydrogen-bond donors (Lipinski definition) is 1. The number of hydrogen-bond acceptors (Lipinski definition) is 9. The van der Waals surface area contributed by atoms with Crippen LogP contribution in [0.15, 0.2) is 24.3 Å². The van der Waals surface area contributed by atoms with Gasteiger partial charge in [0, 0.05) is 33.4 Å². The summed E-state index contributed by atoms with van der Waals surface area (Å²) in [5, 5.41) is 2.64. The first kappa shape index (κ1) is 34.5. The second-order valence-electron chi connectivity index (χ2n) is 11.5. The molecule has 3 amide bonds. The summed E-state index contributed by atoms with van der Waals surface area (Å²) in [4.78, 5) is 80.7. The lowest BCUT2D eigenvalue weighted by Gasteiger charge is -2.41. The van der Waals surface area contributed by atoms with Gasteiger partial charge in [0.15, 0.2) is 6.04 Å². The summed E-state index contributed by atoms with van der Waals surface area (Å²) in [6.45, 7) is 7.59. The zero-order valence-electron chi connectivity index (χ0n) is 26.1. The van der Waals surface area contributed by atoms with Crippen LogP contribution in [0.2, 0.25) is 0 Å². The monoisotopic (exact) mass is 619 g/mol. The van der Waals surface area contributed by atoms with Crippen LogP contribution in [-0.4, -0.2) is 95.5 Å². The smallest absolute Gasteiger partial charge is 0.332 e. The largest absolute Gasteiger partial charge is 0.467 e. The van der Waals surface area contributed by atoms with Gasteiger partial charge in [-0.2, -0.15) is 0 Å². The van der Waals surface area contributed by atoms with Crippen LogP contribution in [0.4, 0.5) is 4.39 Å². The first-order chi connectivity index (χ1) is 20.7. The molecule has 2 fully saturated rings. The summed E-state index contributed by atoms with van der Waals surface area (Å²) >= 11 is 0. The van der Waals surface area contributed by atoms with E-state index in [-0.39, 0.29) is 25.3 Å². The Kier molecular flexibility index (Phi) is 11.5. The molecule has 12 nitrogen and oxygen atoms in total. The summed E-state index contributed by atoms with van der Waals surface area (Å²) in [7, 11) is 1.13. The highest BCUT2D eigenvalue weighted by molar-refractivity contribution is 5.97. The normalized spacial score (nSPS) is 22.4. The Bertz CT molecular complexity index is 1270. The van der Waals surface area contributed by atoms with Gasteiger partial charge in [-0.15, -0.1) is 0 Å². The number of halogens is 1. The summed E-state index contributed by atoms with van der Waals surface area (Å²) in [6, 6.07) is 3.43. The van der Waals surface area contributed by atoms with Gasteiger partial charge >= 0.3 is 17.9 Å². The van der Waals surface area contributed by atoms with Gasteiger partial charge in [-0.05, 0) is 57.2 Å². The first-order valence-corrected chi connectivity index (χ1v) is 14.8. The fourth-order valence-electron chi connectivity index (χ4n) is 6.08. The van der Waals surface area contributed by atoms with Crippen molar-refractivity contribution < 1.29 is 47.4 Å². The number of carbonyl (C=O) groups excluding carboxylic acids is 6. The summed E-state index contributed by atoms with van der Waals surface area (Å²) in [5.74, 6) is -4.78. The maximum absolute atomic E-state index is 14.3. The molecule has 0 bridgehead atoms. The van der Waals surface area contributed by atoms with E-state index >= 15 is 0 Å². The van der Waals surface area contributed by atoms with E-state index in [1.165, 1.54) is 41.8 Å². The van der Waals surface area contributed by atoms with Crippen LogP contribution in [0, 0.1) is 11.7 Å². The van der Waals surface area contributed by atoms with E-state index < -0.39 is 71.3 Å². The molecule has 3 rings (SSSR count). The predicted molar refractivity (Wildman–Crippen MR) is 154 cm³/mol. The van der Waals surface area contributed by atoms with E-state index in [4.69, 9.17) is 14.2 Å². The fraction of sp³-hybridized carbons (Fsp3) is 0.613. The zero-order valence-corrected chi connectivity index (χ0v) is 26.1. The Morgan fingerprint density at radius 3 is 2.27 bits per heavy atom. The quantitative estimate of drug-likeness (QED) is 0.290. The molecule has 2 aliphatic rings. The Balaban J connectivity index is 1.98. The van der Waals surface area contributed by atoms with E-state index in [0.29, 0.717) is 31.4 Å². The van der Waals surface area contributed by atoms with Crippen LogP contribution in [0.1, 0.15) is 65.9 Å². The molecule has 2 saturated heterocycles. The van der Waals surface area contributed by atoms with Gasteiger partial charge in [0.1, 0.15) is 29.6 Å². The Morgan fingerprint density at radius 2 is 1.66 bits per heavy atom. The van der Waals surface area contributed by atoms with Crippen LogP contribution in [0.25, 0.3) is 0 Å². The Morgan fingerprint density at radius 1 is 1.00 bits per heavy atom. The minimum atomic E-state index is -1.55. The lowest BCUT2D eigenvalue weighted by Crippen LogP contribution is -2.64. The molecule has 0 spiro atoms.